The fraction of sp³-hybridized carbons (Fsp3) is 0.176. The maximum absolute atomic E-state index is 9.62. The number of rotatable bonds is 1. The van der Waals surface area contributed by atoms with Crippen molar-refractivity contribution in [3.8, 4) is 23.2 Å². The fourth-order valence-corrected chi connectivity index (χ4v) is 2.21. The summed E-state index contributed by atoms with van der Waals surface area (Å²) in [5, 5.41) is 18.5. The molecular formula is C17H14ClN3O. The SMILES string of the molecule is CC(C)(O)C#Cc1ccc(-c2nnc3c(Cl)cccn23)cc1. The number of halogens is 1. The highest BCUT2D eigenvalue weighted by Crippen LogP contribution is 2.22. The van der Waals surface area contributed by atoms with Gasteiger partial charge in [-0.2, -0.15) is 0 Å². The van der Waals surface area contributed by atoms with E-state index in [9.17, 15) is 5.11 Å². The molecule has 0 spiro atoms. The van der Waals surface area contributed by atoms with E-state index in [4.69, 9.17) is 11.6 Å². The van der Waals surface area contributed by atoms with E-state index in [1.54, 1.807) is 19.9 Å². The zero-order chi connectivity index (χ0) is 15.7. The minimum Gasteiger partial charge on any atom is -0.378 e. The second-order valence-electron chi connectivity index (χ2n) is 5.46. The Hall–Kier alpha value is -2.35. The van der Waals surface area contributed by atoms with Crippen LogP contribution >= 0.6 is 11.6 Å². The van der Waals surface area contributed by atoms with Gasteiger partial charge in [0.05, 0.1) is 5.02 Å². The van der Waals surface area contributed by atoms with Crippen LogP contribution in [0.4, 0.5) is 0 Å². The third kappa shape index (κ3) is 2.96. The molecule has 4 nitrogen and oxygen atoms in total. The van der Waals surface area contributed by atoms with Gasteiger partial charge in [0.1, 0.15) is 5.60 Å². The molecule has 110 valence electrons. The standard InChI is InChI=1S/C17H14ClN3O/c1-17(2,22)10-9-12-5-7-13(8-6-12)15-19-20-16-14(18)4-3-11-21(15)16/h3-8,11,22H,1-2H3. The highest BCUT2D eigenvalue weighted by molar-refractivity contribution is 6.33. The lowest BCUT2D eigenvalue weighted by atomic mass is 10.1. The molecule has 0 aliphatic rings. The summed E-state index contributed by atoms with van der Waals surface area (Å²) in [4.78, 5) is 0. The molecule has 0 saturated carbocycles. The summed E-state index contributed by atoms with van der Waals surface area (Å²) in [6.45, 7) is 3.31. The van der Waals surface area contributed by atoms with Crippen molar-refractivity contribution >= 4 is 17.2 Å². The average molecular weight is 312 g/mol. The smallest absolute Gasteiger partial charge is 0.179 e. The second kappa shape index (κ2) is 5.45. The van der Waals surface area contributed by atoms with Gasteiger partial charge < -0.3 is 5.11 Å². The van der Waals surface area contributed by atoms with Crippen molar-refractivity contribution in [1.82, 2.24) is 14.6 Å². The summed E-state index contributed by atoms with van der Waals surface area (Å²) < 4.78 is 1.85. The van der Waals surface area contributed by atoms with E-state index in [2.05, 4.69) is 22.0 Å². The number of nitrogens with zero attached hydrogens (tertiary/aromatic N) is 3. The first-order valence-corrected chi connectivity index (χ1v) is 7.17. The highest BCUT2D eigenvalue weighted by Gasteiger charge is 2.10. The summed E-state index contributed by atoms with van der Waals surface area (Å²) in [5.74, 6) is 6.45. The molecule has 2 aromatic heterocycles. The zero-order valence-corrected chi connectivity index (χ0v) is 13.0. The molecule has 0 aliphatic carbocycles. The van der Waals surface area contributed by atoms with Crippen molar-refractivity contribution < 1.29 is 5.11 Å². The summed E-state index contributed by atoms with van der Waals surface area (Å²) >= 11 is 6.10. The van der Waals surface area contributed by atoms with E-state index in [1.165, 1.54) is 0 Å². The minimum absolute atomic E-state index is 0.564. The predicted molar refractivity (Wildman–Crippen MR) is 86.6 cm³/mol. The van der Waals surface area contributed by atoms with Crippen LogP contribution in [0, 0.1) is 11.8 Å². The number of fused-ring (bicyclic) bond motifs is 1. The Morgan fingerprint density at radius 1 is 1.14 bits per heavy atom. The molecule has 0 amide bonds. The quantitative estimate of drug-likeness (QED) is 0.702. The van der Waals surface area contributed by atoms with Crippen LogP contribution in [0.5, 0.6) is 0 Å². The first-order chi connectivity index (χ1) is 10.4. The highest BCUT2D eigenvalue weighted by atomic mass is 35.5. The van der Waals surface area contributed by atoms with Gasteiger partial charge in [0.15, 0.2) is 11.5 Å². The van der Waals surface area contributed by atoms with Gasteiger partial charge in [0.25, 0.3) is 0 Å². The maximum Gasteiger partial charge on any atom is 0.179 e. The second-order valence-corrected chi connectivity index (χ2v) is 5.87. The van der Waals surface area contributed by atoms with Gasteiger partial charge >= 0.3 is 0 Å². The van der Waals surface area contributed by atoms with Crippen LogP contribution in [0.1, 0.15) is 19.4 Å². The van der Waals surface area contributed by atoms with E-state index < -0.39 is 5.60 Å². The first-order valence-electron chi connectivity index (χ1n) is 6.79. The van der Waals surface area contributed by atoms with E-state index in [-0.39, 0.29) is 0 Å². The van der Waals surface area contributed by atoms with Crippen LogP contribution in [-0.2, 0) is 0 Å². The summed E-state index contributed by atoms with van der Waals surface area (Å²) in [6, 6.07) is 11.3. The fourth-order valence-electron chi connectivity index (χ4n) is 2.01. The topological polar surface area (TPSA) is 50.4 Å². The molecule has 3 aromatic rings. The number of pyridine rings is 1. The van der Waals surface area contributed by atoms with Gasteiger partial charge in [-0.3, -0.25) is 4.40 Å². The van der Waals surface area contributed by atoms with E-state index >= 15 is 0 Å². The van der Waals surface area contributed by atoms with E-state index in [0.717, 1.165) is 17.0 Å². The third-order valence-electron chi connectivity index (χ3n) is 3.04. The minimum atomic E-state index is -1.00. The monoisotopic (exact) mass is 311 g/mol. The molecule has 5 heteroatoms. The van der Waals surface area contributed by atoms with Crippen LogP contribution in [0.2, 0.25) is 5.02 Å². The molecule has 0 bridgehead atoms. The average Bonchev–Trinajstić information content (AvgIpc) is 2.90. The number of aromatic nitrogens is 3. The molecule has 0 atom stereocenters. The molecule has 1 aromatic carbocycles. The molecular weight excluding hydrogens is 298 g/mol. The molecule has 2 heterocycles. The van der Waals surface area contributed by atoms with Crippen molar-refractivity contribution in [3.63, 3.8) is 0 Å². The number of hydrogen-bond acceptors (Lipinski definition) is 3. The van der Waals surface area contributed by atoms with Crippen LogP contribution in [0.3, 0.4) is 0 Å². The number of hydrogen-bond donors (Lipinski definition) is 1. The molecule has 0 unspecified atom stereocenters. The van der Waals surface area contributed by atoms with Crippen molar-refractivity contribution in [2.45, 2.75) is 19.4 Å². The van der Waals surface area contributed by atoms with E-state index in [1.807, 2.05) is 40.9 Å². The summed E-state index contributed by atoms with van der Waals surface area (Å²) in [7, 11) is 0. The summed E-state index contributed by atoms with van der Waals surface area (Å²) in [5.41, 5.74) is 1.38. The maximum atomic E-state index is 9.62. The van der Waals surface area contributed by atoms with Crippen molar-refractivity contribution in [2.24, 2.45) is 0 Å². The lowest BCUT2D eigenvalue weighted by molar-refractivity contribution is 0.143. The molecule has 3 rings (SSSR count). The molecule has 1 N–H and O–H groups in total. The Balaban J connectivity index is 1.98. The van der Waals surface area contributed by atoms with Crippen molar-refractivity contribution in [2.75, 3.05) is 0 Å². The lowest BCUT2D eigenvalue weighted by Gasteiger charge is -2.06. The Kier molecular flexibility index (Phi) is 3.61. The largest absolute Gasteiger partial charge is 0.378 e. The Bertz CT molecular complexity index is 880. The molecule has 0 radical (unpaired) electrons. The van der Waals surface area contributed by atoms with Crippen molar-refractivity contribution in [1.29, 1.82) is 0 Å². The molecule has 0 aliphatic heterocycles. The van der Waals surface area contributed by atoms with Crippen LogP contribution in [0.25, 0.3) is 17.0 Å². The van der Waals surface area contributed by atoms with Gasteiger partial charge in [-0.05, 0) is 50.2 Å². The van der Waals surface area contributed by atoms with Gasteiger partial charge in [-0.1, -0.05) is 23.4 Å². The molecule has 0 fully saturated rings. The first kappa shape index (κ1) is 14.6. The van der Waals surface area contributed by atoms with Crippen LogP contribution in [-0.4, -0.2) is 25.3 Å². The van der Waals surface area contributed by atoms with E-state index in [0.29, 0.717) is 10.7 Å². The normalized spacial score (nSPS) is 11.3. The third-order valence-corrected chi connectivity index (χ3v) is 3.34. The van der Waals surface area contributed by atoms with Gasteiger partial charge in [-0.15, -0.1) is 10.2 Å². The van der Waals surface area contributed by atoms with Crippen molar-refractivity contribution in [3.05, 3.63) is 53.2 Å². The van der Waals surface area contributed by atoms with Gasteiger partial charge in [0, 0.05) is 17.3 Å². The Morgan fingerprint density at radius 3 is 2.55 bits per heavy atom. The lowest BCUT2D eigenvalue weighted by Crippen LogP contribution is -2.14. The van der Waals surface area contributed by atoms with Gasteiger partial charge in [-0.25, -0.2) is 0 Å². The predicted octanol–water partition coefficient (Wildman–Crippen LogP) is 3.17. The van der Waals surface area contributed by atoms with Crippen LogP contribution in [0.15, 0.2) is 42.6 Å². The summed E-state index contributed by atoms with van der Waals surface area (Å²) in [6.07, 6.45) is 1.87. The Morgan fingerprint density at radius 2 is 1.86 bits per heavy atom. The number of benzene rings is 1. The van der Waals surface area contributed by atoms with Gasteiger partial charge in [0.2, 0.25) is 0 Å². The number of aliphatic hydroxyl groups is 1. The Labute approximate surface area is 133 Å². The molecule has 0 saturated heterocycles. The molecule has 22 heavy (non-hydrogen) atoms. The van der Waals surface area contributed by atoms with Crippen LogP contribution < -0.4 is 0 Å². The zero-order valence-electron chi connectivity index (χ0n) is 12.2.